The summed E-state index contributed by atoms with van der Waals surface area (Å²) in [5, 5.41) is 0. The van der Waals surface area contributed by atoms with E-state index in [-0.39, 0.29) is 10.6 Å². The van der Waals surface area contributed by atoms with Crippen molar-refractivity contribution in [2.24, 2.45) is 0 Å². The Morgan fingerprint density at radius 1 is 1.20 bits per heavy atom. The highest BCUT2D eigenvalue weighted by atomic mass is 79.9. The van der Waals surface area contributed by atoms with Gasteiger partial charge >= 0.3 is 0 Å². The highest BCUT2D eigenvalue weighted by Gasteiger charge is 2.34. The van der Waals surface area contributed by atoms with Crippen molar-refractivity contribution >= 4 is 41.7 Å². The van der Waals surface area contributed by atoms with Crippen LogP contribution in [0, 0.1) is 0 Å². The summed E-state index contributed by atoms with van der Waals surface area (Å²) in [5.74, 6) is 0.210. The van der Waals surface area contributed by atoms with Crippen LogP contribution in [0.2, 0.25) is 0 Å². The average Bonchev–Trinajstić information content (AvgIpc) is 2.31. The number of fused-ring (bicyclic) bond motifs is 1. The first-order chi connectivity index (χ1) is 7.02. The summed E-state index contributed by atoms with van der Waals surface area (Å²) >= 11 is 6.71. The molecule has 0 radical (unpaired) electrons. The van der Waals surface area contributed by atoms with Gasteiger partial charge in [-0.05, 0) is 17.5 Å². The SMILES string of the molecule is O=S1(=O)CCc2ccccc2[C@H](Br)[C@H]1Br. The molecular formula is C10H10Br2O2S. The number of alkyl halides is 2. The molecule has 0 unspecified atom stereocenters. The summed E-state index contributed by atoms with van der Waals surface area (Å²) in [6.07, 6.45) is 0.600. The zero-order chi connectivity index (χ0) is 11.1. The van der Waals surface area contributed by atoms with Gasteiger partial charge in [0.15, 0.2) is 9.84 Å². The van der Waals surface area contributed by atoms with Gasteiger partial charge in [0.2, 0.25) is 0 Å². The highest BCUT2D eigenvalue weighted by molar-refractivity contribution is 9.13. The van der Waals surface area contributed by atoms with Crippen LogP contribution in [0.4, 0.5) is 0 Å². The van der Waals surface area contributed by atoms with Crippen LogP contribution in [0.1, 0.15) is 16.0 Å². The number of halogens is 2. The molecule has 2 rings (SSSR count). The van der Waals surface area contributed by atoms with Crippen molar-refractivity contribution in [1.82, 2.24) is 0 Å². The molecule has 1 aliphatic rings. The molecule has 0 saturated heterocycles. The normalized spacial score (nSPS) is 29.2. The van der Waals surface area contributed by atoms with Crippen molar-refractivity contribution in [2.75, 3.05) is 5.75 Å². The molecule has 1 aromatic carbocycles. The molecule has 5 heteroatoms. The first-order valence-electron chi connectivity index (χ1n) is 4.60. The van der Waals surface area contributed by atoms with Crippen molar-refractivity contribution in [2.45, 2.75) is 15.4 Å². The predicted molar refractivity (Wildman–Crippen MR) is 68.3 cm³/mol. The van der Waals surface area contributed by atoms with Gasteiger partial charge in [-0.25, -0.2) is 8.42 Å². The molecule has 2 nitrogen and oxygen atoms in total. The van der Waals surface area contributed by atoms with Crippen molar-refractivity contribution in [3.8, 4) is 0 Å². The van der Waals surface area contributed by atoms with Crippen molar-refractivity contribution in [3.05, 3.63) is 35.4 Å². The second kappa shape index (κ2) is 4.18. The fourth-order valence-corrected chi connectivity index (χ4v) is 5.24. The molecule has 0 fully saturated rings. The van der Waals surface area contributed by atoms with Crippen LogP contribution in [0.25, 0.3) is 0 Å². The van der Waals surface area contributed by atoms with Gasteiger partial charge in [-0.1, -0.05) is 56.1 Å². The van der Waals surface area contributed by atoms with Crippen LogP contribution in [-0.4, -0.2) is 18.3 Å². The largest absolute Gasteiger partial charge is 0.228 e. The third kappa shape index (κ3) is 2.15. The molecule has 15 heavy (non-hydrogen) atoms. The van der Waals surface area contributed by atoms with E-state index in [9.17, 15) is 8.42 Å². The van der Waals surface area contributed by atoms with Gasteiger partial charge in [-0.2, -0.15) is 0 Å². The molecule has 0 amide bonds. The highest BCUT2D eigenvalue weighted by Crippen LogP contribution is 2.39. The van der Waals surface area contributed by atoms with Gasteiger partial charge in [-0.15, -0.1) is 0 Å². The number of rotatable bonds is 0. The maximum atomic E-state index is 11.8. The summed E-state index contributed by atoms with van der Waals surface area (Å²) in [5.41, 5.74) is 2.19. The minimum absolute atomic E-state index is 0.166. The number of sulfone groups is 1. The Labute approximate surface area is 106 Å². The molecule has 0 saturated carbocycles. The van der Waals surface area contributed by atoms with E-state index in [0.717, 1.165) is 11.1 Å². The number of aryl methyl sites for hydroxylation is 1. The first kappa shape index (κ1) is 11.6. The Morgan fingerprint density at radius 3 is 2.60 bits per heavy atom. The molecule has 1 aromatic rings. The lowest BCUT2D eigenvalue weighted by atomic mass is 10.0. The van der Waals surface area contributed by atoms with Crippen molar-refractivity contribution in [1.29, 1.82) is 0 Å². The van der Waals surface area contributed by atoms with E-state index >= 15 is 0 Å². The third-order valence-corrected chi connectivity index (χ3v) is 8.63. The molecule has 0 aliphatic carbocycles. The predicted octanol–water partition coefficient (Wildman–Crippen LogP) is 2.81. The standard InChI is InChI=1S/C10H10Br2O2S/c11-9-8-4-2-1-3-7(8)5-6-15(13,14)10(9)12/h1-4,9-10H,5-6H2/t9-,10-/m0/s1. The Hall–Kier alpha value is 0.130. The molecule has 1 heterocycles. The molecule has 0 N–H and O–H groups in total. The van der Waals surface area contributed by atoms with Gasteiger partial charge in [0.25, 0.3) is 0 Å². The Morgan fingerprint density at radius 2 is 1.87 bits per heavy atom. The molecular weight excluding hydrogens is 344 g/mol. The minimum atomic E-state index is -3.05. The third-order valence-electron chi connectivity index (χ3n) is 2.58. The van der Waals surface area contributed by atoms with E-state index in [1.54, 1.807) is 0 Å². The van der Waals surface area contributed by atoms with E-state index in [2.05, 4.69) is 31.9 Å². The van der Waals surface area contributed by atoms with Crippen LogP contribution in [0.3, 0.4) is 0 Å². The topological polar surface area (TPSA) is 34.1 Å². The van der Waals surface area contributed by atoms with Gasteiger partial charge in [0.1, 0.15) is 4.16 Å². The summed E-state index contributed by atoms with van der Waals surface area (Å²) < 4.78 is 23.1. The number of benzene rings is 1. The van der Waals surface area contributed by atoms with Gasteiger partial charge < -0.3 is 0 Å². The van der Waals surface area contributed by atoms with Crippen LogP contribution in [0.15, 0.2) is 24.3 Å². The van der Waals surface area contributed by atoms with Crippen LogP contribution in [-0.2, 0) is 16.3 Å². The van der Waals surface area contributed by atoms with Crippen LogP contribution in [0.5, 0.6) is 0 Å². The smallest absolute Gasteiger partial charge is 0.164 e. The second-order valence-electron chi connectivity index (χ2n) is 3.57. The molecule has 0 spiro atoms. The zero-order valence-corrected chi connectivity index (χ0v) is 11.8. The lowest BCUT2D eigenvalue weighted by Crippen LogP contribution is -2.20. The maximum absolute atomic E-state index is 11.8. The summed E-state index contributed by atoms with van der Waals surface area (Å²) in [7, 11) is -3.05. The number of hydrogen-bond acceptors (Lipinski definition) is 2. The Kier molecular flexibility index (Phi) is 3.24. The maximum Gasteiger partial charge on any atom is 0.164 e. The van der Waals surface area contributed by atoms with Gasteiger partial charge in [0, 0.05) is 0 Å². The fraction of sp³-hybridized carbons (Fsp3) is 0.400. The molecule has 1 aliphatic heterocycles. The van der Waals surface area contributed by atoms with Gasteiger partial charge in [-0.3, -0.25) is 0 Å². The quantitative estimate of drug-likeness (QED) is 0.672. The molecule has 0 aromatic heterocycles. The molecule has 82 valence electrons. The summed E-state index contributed by atoms with van der Waals surface area (Å²) in [6, 6.07) is 7.85. The minimum Gasteiger partial charge on any atom is -0.228 e. The zero-order valence-electron chi connectivity index (χ0n) is 7.86. The van der Waals surface area contributed by atoms with E-state index in [1.807, 2.05) is 24.3 Å². The lowest BCUT2D eigenvalue weighted by molar-refractivity contribution is 0.594. The summed E-state index contributed by atoms with van der Waals surface area (Å²) in [4.78, 5) is -0.166. The fourth-order valence-electron chi connectivity index (χ4n) is 1.72. The van der Waals surface area contributed by atoms with E-state index in [1.165, 1.54) is 0 Å². The Bertz CT molecular complexity index is 470. The van der Waals surface area contributed by atoms with Crippen molar-refractivity contribution in [3.63, 3.8) is 0 Å². The summed E-state index contributed by atoms with van der Waals surface area (Å²) in [6.45, 7) is 0. The lowest BCUT2D eigenvalue weighted by Gasteiger charge is -2.14. The van der Waals surface area contributed by atoms with Crippen LogP contribution < -0.4 is 0 Å². The first-order valence-corrected chi connectivity index (χ1v) is 8.14. The average molecular weight is 354 g/mol. The second-order valence-corrected chi connectivity index (χ2v) is 8.39. The van der Waals surface area contributed by atoms with E-state index in [0.29, 0.717) is 6.42 Å². The van der Waals surface area contributed by atoms with Crippen molar-refractivity contribution < 1.29 is 8.42 Å². The van der Waals surface area contributed by atoms with Crippen LogP contribution >= 0.6 is 31.9 Å². The number of hydrogen-bond donors (Lipinski definition) is 0. The van der Waals surface area contributed by atoms with Gasteiger partial charge in [0.05, 0.1) is 10.6 Å². The molecule has 0 bridgehead atoms. The Balaban J connectivity index is 2.53. The van der Waals surface area contributed by atoms with E-state index < -0.39 is 14.0 Å². The molecule has 2 atom stereocenters. The monoisotopic (exact) mass is 352 g/mol. The van der Waals surface area contributed by atoms with E-state index in [4.69, 9.17) is 0 Å².